The number of anilines is 1. The Morgan fingerprint density at radius 3 is 2.41 bits per heavy atom. The Morgan fingerprint density at radius 2 is 1.71 bits per heavy atom. The van der Waals surface area contributed by atoms with Crippen LogP contribution in [0.1, 0.15) is 11.1 Å². The molecule has 2 aromatic carbocycles. The highest BCUT2D eigenvalue weighted by molar-refractivity contribution is 6.17. The lowest BCUT2D eigenvalue weighted by molar-refractivity contribution is 0.475. The lowest BCUT2D eigenvalue weighted by Crippen LogP contribution is -2.01. The number of phenolic OH excluding ortho intramolecular Hbond substituents is 1. The van der Waals surface area contributed by atoms with Crippen LogP contribution in [0.2, 0.25) is 0 Å². The molecule has 17 heavy (non-hydrogen) atoms. The second kappa shape index (κ2) is 5.60. The maximum absolute atomic E-state index is 9.19. The first-order chi connectivity index (χ1) is 8.29. The topological polar surface area (TPSA) is 32.3 Å². The van der Waals surface area contributed by atoms with Gasteiger partial charge in [0.25, 0.3) is 0 Å². The van der Waals surface area contributed by atoms with Gasteiger partial charge in [0, 0.05) is 18.1 Å². The number of phenols is 1. The number of para-hydroxylation sites is 1. The molecule has 0 aliphatic rings. The molecule has 0 fully saturated rings. The molecule has 0 radical (unpaired) electrons. The van der Waals surface area contributed by atoms with Crippen molar-refractivity contribution < 1.29 is 5.11 Å². The highest BCUT2D eigenvalue weighted by Gasteiger charge is 1.99. The van der Waals surface area contributed by atoms with Crippen molar-refractivity contribution in [3.05, 3.63) is 59.7 Å². The fraction of sp³-hybridized carbons (Fsp3) is 0.143. The number of halogens is 1. The fourth-order valence-electron chi connectivity index (χ4n) is 1.62. The summed E-state index contributed by atoms with van der Waals surface area (Å²) < 4.78 is 0. The summed E-state index contributed by atoms with van der Waals surface area (Å²) in [6, 6.07) is 15.1. The molecule has 0 aliphatic carbocycles. The average molecular weight is 248 g/mol. The van der Waals surface area contributed by atoms with E-state index in [0.29, 0.717) is 12.4 Å². The zero-order chi connectivity index (χ0) is 12.1. The van der Waals surface area contributed by atoms with E-state index in [4.69, 9.17) is 11.6 Å². The third kappa shape index (κ3) is 3.14. The smallest absolute Gasteiger partial charge is 0.115 e. The lowest BCUT2D eigenvalue weighted by Gasteiger charge is -2.10. The van der Waals surface area contributed by atoms with E-state index in [0.717, 1.165) is 16.8 Å². The third-order valence-electron chi connectivity index (χ3n) is 2.58. The minimum atomic E-state index is 0.287. The van der Waals surface area contributed by atoms with Gasteiger partial charge in [0.1, 0.15) is 5.75 Å². The van der Waals surface area contributed by atoms with E-state index in [1.54, 1.807) is 12.1 Å². The number of aromatic hydroxyl groups is 1. The molecule has 2 aromatic rings. The van der Waals surface area contributed by atoms with Crippen molar-refractivity contribution in [1.29, 1.82) is 0 Å². The van der Waals surface area contributed by atoms with Gasteiger partial charge in [0.2, 0.25) is 0 Å². The molecular weight excluding hydrogens is 234 g/mol. The summed E-state index contributed by atoms with van der Waals surface area (Å²) >= 11 is 5.86. The van der Waals surface area contributed by atoms with Crippen LogP contribution in [0.5, 0.6) is 5.75 Å². The molecule has 2 rings (SSSR count). The molecule has 0 bridgehead atoms. The van der Waals surface area contributed by atoms with Crippen LogP contribution in [0.25, 0.3) is 0 Å². The van der Waals surface area contributed by atoms with Gasteiger partial charge in [0.15, 0.2) is 0 Å². The maximum atomic E-state index is 9.19. The van der Waals surface area contributed by atoms with E-state index >= 15 is 0 Å². The van der Waals surface area contributed by atoms with Gasteiger partial charge in [-0.15, -0.1) is 11.6 Å². The first-order valence-electron chi connectivity index (χ1n) is 5.45. The second-order valence-corrected chi connectivity index (χ2v) is 4.08. The Bertz CT molecular complexity index is 482. The van der Waals surface area contributed by atoms with Crippen LogP contribution in [-0.4, -0.2) is 5.11 Å². The Kier molecular flexibility index (Phi) is 3.89. The summed E-state index contributed by atoms with van der Waals surface area (Å²) in [5.41, 5.74) is 3.26. The van der Waals surface area contributed by atoms with Crippen LogP contribution in [-0.2, 0) is 12.4 Å². The largest absolute Gasteiger partial charge is 0.508 e. The number of hydrogen-bond acceptors (Lipinski definition) is 2. The van der Waals surface area contributed by atoms with Crippen molar-refractivity contribution in [3.63, 3.8) is 0 Å². The summed E-state index contributed by atoms with van der Waals surface area (Å²) in [4.78, 5) is 0. The summed E-state index contributed by atoms with van der Waals surface area (Å²) in [7, 11) is 0. The van der Waals surface area contributed by atoms with Gasteiger partial charge in [-0.1, -0.05) is 30.3 Å². The molecule has 0 spiro atoms. The number of nitrogens with one attached hydrogen (secondary N) is 1. The third-order valence-corrected chi connectivity index (χ3v) is 2.87. The first kappa shape index (κ1) is 11.8. The molecule has 2 nitrogen and oxygen atoms in total. The molecule has 2 N–H and O–H groups in total. The van der Waals surface area contributed by atoms with Crippen LogP contribution in [0.3, 0.4) is 0 Å². The Labute approximate surface area is 106 Å². The van der Waals surface area contributed by atoms with E-state index in [1.807, 2.05) is 36.4 Å². The Morgan fingerprint density at radius 1 is 1.00 bits per heavy atom. The normalized spacial score (nSPS) is 10.2. The predicted octanol–water partition coefficient (Wildman–Crippen LogP) is 3.74. The van der Waals surface area contributed by atoms with E-state index in [1.165, 1.54) is 0 Å². The van der Waals surface area contributed by atoms with E-state index in [2.05, 4.69) is 5.32 Å². The summed E-state index contributed by atoms with van der Waals surface area (Å²) in [6.07, 6.45) is 0. The minimum Gasteiger partial charge on any atom is -0.508 e. The quantitative estimate of drug-likeness (QED) is 0.807. The van der Waals surface area contributed by atoms with Crippen LogP contribution < -0.4 is 5.32 Å². The van der Waals surface area contributed by atoms with Gasteiger partial charge in [-0.3, -0.25) is 0 Å². The summed E-state index contributed by atoms with van der Waals surface area (Å²) in [6.45, 7) is 0.716. The molecule has 0 heterocycles. The molecule has 0 saturated heterocycles. The van der Waals surface area contributed by atoms with E-state index in [-0.39, 0.29) is 5.75 Å². The lowest BCUT2D eigenvalue weighted by atomic mass is 10.1. The van der Waals surface area contributed by atoms with Crippen molar-refractivity contribution in [2.75, 3.05) is 5.32 Å². The Hall–Kier alpha value is -1.67. The summed E-state index contributed by atoms with van der Waals surface area (Å²) in [5, 5.41) is 12.5. The molecule has 0 atom stereocenters. The monoisotopic (exact) mass is 247 g/mol. The molecule has 0 aliphatic heterocycles. The number of alkyl halides is 1. The number of benzene rings is 2. The highest BCUT2D eigenvalue weighted by atomic mass is 35.5. The average Bonchev–Trinajstić information content (AvgIpc) is 2.38. The standard InChI is InChI=1S/C14H14ClNO/c15-9-12-3-1-2-4-14(12)16-10-11-5-7-13(17)8-6-11/h1-8,16-17H,9-10H2. The zero-order valence-electron chi connectivity index (χ0n) is 9.36. The van der Waals surface area contributed by atoms with Gasteiger partial charge >= 0.3 is 0 Å². The molecule has 0 amide bonds. The van der Waals surface area contributed by atoms with Gasteiger partial charge in [0.05, 0.1) is 0 Å². The van der Waals surface area contributed by atoms with E-state index < -0.39 is 0 Å². The van der Waals surface area contributed by atoms with Crippen molar-refractivity contribution in [2.24, 2.45) is 0 Å². The molecule has 0 saturated carbocycles. The van der Waals surface area contributed by atoms with Crippen LogP contribution in [0.15, 0.2) is 48.5 Å². The Balaban J connectivity index is 2.04. The SMILES string of the molecule is Oc1ccc(CNc2ccccc2CCl)cc1. The van der Waals surface area contributed by atoms with Gasteiger partial charge < -0.3 is 10.4 Å². The van der Waals surface area contributed by atoms with Crippen LogP contribution in [0.4, 0.5) is 5.69 Å². The van der Waals surface area contributed by atoms with Crippen molar-refractivity contribution in [1.82, 2.24) is 0 Å². The second-order valence-electron chi connectivity index (χ2n) is 3.81. The van der Waals surface area contributed by atoms with Gasteiger partial charge in [-0.25, -0.2) is 0 Å². The first-order valence-corrected chi connectivity index (χ1v) is 5.98. The predicted molar refractivity (Wildman–Crippen MR) is 71.4 cm³/mol. The van der Waals surface area contributed by atoms with Gasteiger partial charge in [-0.05, 0) is 29.3 Å². The molecule has 3 heteroatoms. The van der Waals surface area contributed by atoms with Crippen LogP contribution >= 0.6 is 11.6 Å². The molecule has 88 valence electrons. The van der Waals surface area contributed by atoms with Gasteiger partial charge in [-0.2, -0.15) is 0 Å². The van der Waals surface area contributed by atoms with E-state index in [9.17, 15) is 5.11 Å². The van der Waals surface area contributed by atoms with Crippen LogP contribution in [0, 0.1) is 0 Å². The number of hydrogen-bond donors (Lipinski definition) is 2. The minimum absolute atomic E-state index is 0.287. The number of rotatable bonds is 4. The molecule has 0 unspecified atom stereocenters. The zero-order valence-corrected chi connectivity index (χ0v) is 10.1. The summed E-state index contributed by atoms with van der Waals surface area (Å²) in [5.74, 6) is 0.786. The van der Waals surface area contributed by atoms with Crippen molar-refractivity contribution in [2.45, 2.75) is 12.4 Å². The highest BCUT2D eigenvalue weighted by Crippen LogP contribution is 2.18. The van der Waals surface area contributed by atoms with Crippen molar-refractivity contribution >= 4 is 17.3 Å². The molecular formula is C14H14ClNO. The molecule has 0 aromatic heterocycles. The fourth-order valence-corrected chi connectivity index (χ4v) is 1.85. The maximum Gasteiger partial charge on any atom is 0.115 e. The van der Waals surface area contributed by atoms with Crippen molar-refractivity contribution in [3.8, 4) is 5.75 Å².